The highest BCUT2D eigenvalue weighted by Crippen LogP contribution is 2.41. The second-order valence-electron chi connectivity index (χ2n) is 8.10. The monoisotopic (exact) mass is 424 g/mol. The van der Waals surface area contributed by atoms with Crippen LogP contribution in [-0.4, -0.2) is 5.75 Å². The van der Waals surface area contributed by atoms with Gasteiger partial charge in [0.1, 0.15) is 18.2 Å². The van der Waals surface area contributed by atoms with Crippen LogP contribution in [0.1, 0.15) is 20.3 Å². The highest BCUT2D eigenvalue weighted by molar-refractivity contribution is 7.99. The fourth-order valence-corrected chi connectivity index (χ4v) is 5.52. The molecule has 0 atom stereocenters. The number of hydrogen-bond acceptors (Lipinski definition) is 2. The standard InChI is InChI=1S/C28H24NOS/c1-18-11-14-23-22-9-5-8-21(20-13-12-19-7-6-16-31-25(19)17-20)27(22)30-28(23)26(18)24-10-3-4-15-29(24)2/h3-5,8-15,17H,6-7,16H2,1-2H3/q+1/i7D2. The Hall–Kier alpha value is -3.04. The zero-order chi connectivity index (χ0) is 22.7. The molecule has 3 heteroatoms. The maximum Gasteiger partial charge on any atom is 0.216 e. The average Bonchev–Trinajstić information content (AvgIpc) is 3.18. The van der Waals surface area contributed by atoms with Crippen LogP contribution in [0.2, 0.25) is 0 Å². The number of para-hydroxylation sites is 1. The second kappa shape index (κ2) is 7.28. The van der Waals surface area contributed by atoms with Gasteiger partial charge in [-0.1, -0.05) is 42.5 Å². The second-order valence-corrected chi connectivity index (χ2v) is 9.24. The van der Waals surface area contributed by atoms with Crippen LogP contribution in [0.15, 0.2) is 82.2 Å². The predicted molar refractivity (Wildman–Crippen MR) is 130 cm³/mol. The normalized spacial score (nSPS) is 16.2. The summed E-state index contributed by atoms with van der Waals surface area (Å²) in [5.74, 6) is 0.801. The van der Waals surface area contributed by atoms with E-state index in [0.29, 0.717) is 6.42 Å². The molecular weight excluding hydrogens is 398 g/mol. The van der Waals surface area contributed by atoms with Crippen molar-refractivity contribution in [3.63, 3.8) is 0 Å². The molecule has 0 aliphatic carbocycles. The van der Waals surface area contributed by atoms with Gasteiger partial charge in [0.15, 0.2) is 6.20 Å². The summed E-state index contributed by atoms with van der Waals surface area (Å²) >= 11 is 1.74. The molecule has 5 aromatic rings. The number of furan rings is 1. The number of hydrogen-bond donors (Lipinski definition) is 0. The van der Waals surface area contributed by atoms with Crippen molar-refractivity contribution < 1.29 is 11.7 Å². The number of nitrogens with zero attached hydrogens (tertiary/aromatic N) is 1. The minimum absolute atomic E-state index is 0.558. The van der Waals surface area contributed by atoms with Gasteiger partial charge in [-0.05, 0) is 54.3 Å². The van der Waals surface area contributed by atoms with Gasteiger partial charge >= 0.3 is 0 Å². The van der Waals surface area contributed by atoms with Crippen molar-refractivity contribution >= 4 is 33.7 Å². The predicted octanol–water partition coefficient (Wildman–Crippen LogP) is 7.09. The number of aryl methyl sites for hydroxylation is 3. The Balaban J connectivity index is 1.60. The summed E-state index contributed by atoms with van der Waals surface area (Å²) in [6.07, 6.45) is 1.36. The van der Waals surface area contributed by atoms with Crippen LogP contribution in [0.5, 0.6) is 0 Å². The summed E-state index contributed by atoms with van der Waals surface area (Å²) in [6, 6.07) is 23.0. The van der Waals surface area contributed by atoms with Gasteiger partial charge in [-0.15, -0.1) is 11.8 Å². The largest absolute Gasteiger partial charge is 0.454 e. The van der Waals surface area contributed by atoms with E-state index in [-0.39, 0.29) is 0 Å². The maximum absolute atomic E-state index is 8.36. The van der Waals surface area contributed by atoms with Gasteiger partial charge in [0.2, 0.25) is 5.69 Å². The lowest BCUT2D eigenvalue weighted by Crippen LogP contribution is -2.30. The zero-order valence-corrected chi connectivity index (χ0v) is 18.4. The molecule has 3 heterocycles. The molecule has 1 aliphatic heterocycles. The minimum atomic E-state index is -1.26. The average molecular weight is 425 g/mol. The molecule has 0 fully saturated rings. The molecule has 1 aliphatic rings. The summed E-state index contributed by atoms with van der Waals surface area (Å²) in [6.45, 7) is 2.13. The minimum Gasteiger partial charge on any atom is -0.454 e. The fraction of sp³-hybridized carbons (Fsp3) is 0.179. The number of fused-ring (bicyclic) bond motifs is 4. The van der Waals surface area contributed by atoms with Crippen LogP contribution in [0.25, 0.3) is 44.3 Å². The van der Waals surface area contributed by atoms with E-state index in [4.69, 9.17) is 7.16 Å². The van der Waals surface area contributed by atoms with E-state index in [2.05, 4.69) is 73.3 Å². The summed E-state index contributed by atoms with van der Waals surface area (Å²) < 4.78 is 25.5. The summed E-state index contributed by atoms with van der Waals surface area (Å²) in [5, 5.41) is 2.21. The highest BCUT2D eigenvalue weighted by atomic mass is 32.2. The lowest BCUT2D eigenvalue weighted by Gasteiger charge is -2.16. The first-order valence-electron chi connectivity index (χ1n) is 11.6. The molecule has 0 saturated heterocycles. The molecule has 0 radical (unpaired) electrons. The lowest BCUT2D eigenvalue weighted by atomic mass is 9.98. The molecule has 0 unspecified atom stereocenters. The first-order valence-corrected chi connectivity index (χ1v) is 11.6. The number of benzene rings is 3. The summed E-state index contributed by atoms with van der Waals surface area (Å²) in [4.78, 5) is 1.03. The van der Waals surface area contributed by atoms with Crippen LogP contribution in [0, 0.1) is 6.92 Å². The quantitative estimate of drug-likeness (QED) is 0.281. The Kier molecular flexibility index (Phi) is 3.90. The Morgan fingerprint density at radius 1 is 0.968 bits per heavy atom. The van der Waals surface area contributed by atoms with Crippen LogP contribution in [0.3, 0.4) is 0 Å². The van der Waals surface area contributed by atoms with E-state index in [0.717, 1.165) is 60.5 Å². The van der Waals surface area contributed by atoms with Crippen LogP contribution < -0.4 is 4.57 Å². The zero-order valence-electron chi connectivity index (χ0n) is 19.6. The van der Waals surface area contributed by atoms with Gasteiger partial charge in [0, 0.05) is 36.1 Å². The molecular formula is C28H24NOS+. The van der Waals surface area contributed by atoms with Crippen LogP contribution in [0.4, 0.5) is 0 Å². The van der Waals surface area contributed by atoms with Crippen molar-refractivity contribution in [2.45, 2.75) is 24.6 Å². The Morgan fingerprint density at radius 3 is 2.77 bits per heavy atom. The third-order valence-electron chi connectivity index (χ3n) is 6.15. The first kappa shape index (κ1) is 16.6. The third-order valence-corrected chi connectivity index (χ3v) is 7.21. The number of pyridine rings is 1. The van der Waals surface area contributed by atoms with Crippen molar-refractivity contribution in [2.75, 3.05) is 5.75 Å². The van der Waals surface area contributed by atoms with Gasteiger partial charge in [0.05, 0.1) is 5.56 Å². The van der Waals surface area contributed by atoms with E-state index in [1.165, 1.54) is 5.56 Å². The molecule has 3 aromatic carbocycles. The van der Waals surface area contributed by atoms with E-state index < -0.39 is 6.37 Å². The van der Waals surface area contributed by atoms with Crippen LogP contribution in [-0.2, 0) is 13.4 Å². The molecule has 0 bridgehead atoms. The SMILES string of the molecule is [2H]C1([2H])CCSc2cc(-c3cccc4c3oc3c(-c5cccc[n+]5C)c(C)ccc34)ccc21. The van der Waals surface area contributed by atoms with Gasteiger partial charge in [-0.3, -0.25) is 0 Å². The van der Waals surface area contributed by atoms with E-state index in [1.807, 2.05) is 18.2 Å². The van der Waals surface area contributed by atoms with Crippen molar-refractivity contribution in [3.05, 3.63) is 84.1 Å². The molecule has 0 spiro atoms. The van der Waals surface area contributed by atoms with E-state index in [9.17, 15) is 0 Å². The van der Waals surface area contributed by atoms with Gasteiger partial charge in [-0.2, -0.15) is 0 Å². The maximum atomic E-state index is 8.36. The van der Waals surface area contributed by atoms with E-state index >= 15 is 0 Å². The summed E-state index contributed by atoms with van der Waals surface area (Å²) in [5.41, 5.74) is 8.10. The molecule has 2 nitrogen and oxygen atoms in total. The van der Waals surface area contributed by atoms with Crippen LogP contribution >= 0.6 is 11.8 Å². The van der Waals surface area contributed by atoms with Crippen molar-refractivity contribution in [1.82, 2.24) is 0 Å². The molecule has 0 amide bonds. The van der Waals surface area contributed by atoms with Gasteiger partial charge < -0.3 is 4.42 Å². The number of thioether (sulfide) groups is 1. The summed E-state index contributed by atoms with van der Waals surface area (Å²) in [7, 11) is 2.06. The molecule has 2 aromatic heterocycles. The Morgan fingerprint density at radius 2 is 1.87 bits per heavy atom. The number of aromatic nitrogens is 1. The van der Waals surface area contributed by atoms with Crippen molar-refractivity contribution in [3.8, 4) is 22.4 Å². The fourth-order valence-electron chi connectivity index (χ4n) is 4.59. The van der Waals surface area contributed by atoms with E-state index in [1.54, 1.807) is 11.8 Å². The molecule has 0 saturated carbocycles. The lowest BCUT2D eigenvalue weighted by molar-refractivity contribution is -0.660. The Bertz CT molecular complexity index is 1550. The Labute approximate surface area is 189 Å². The molecule has 0 N–H and O–H groups in total. The first-order chi connectivity index (χ1) is 15.9. The topological polar surface area (TPSA) is 17.0 Å². The van der Waals surface area contributed by atoms with Crippen molar-refractivity contribution in [1.29, 1.82) is 0 Å². The molecule has 152 valence electrons. The van der Waals surface area contributed by atoms with Gasteiger partial charge in [0.25, 0.3) is 0 Å². The number of rotatable bonds is 2. The molecule has 31 heavy (non-hydrogen) atoms. The molecule has 6 rings (SSSR count). The third kappa shape index (κ3) is 2.99. The smallest absolute Gasteiger partial charge is 0.216 e. The highest BCUT2D eigenvalue weighted by Gasteiger charge is 2.21. The van der Waals surface area contributed by atoms with Gasteiger partial charge in [-0.25, -0.2) is 4.57 Å². The van der Waals surface area contributed by atoms with Crippen molar-refractivity contribution in [2.24, 2.45) is 7.05 Å².